The molecule has 0 aliphatic carbocycles. The van der Waals surface area contributed by atoms with E-state index in [2.05, 4.69) is 0 Å². The summed E-state index contributed by atoms with van der Waals surface area (Å²) in [6.07, 6.45) is 0. The van der Waals surface area contributed by atoms with Gasteiger partial charge >= 0.3 is 25.0 Å². The summed E-state index contributed by atoms with van der Waals surface area (Å²) in [5.74, 6) is 0. The summed E-state index contributed by atoms with van der Waals surface area (Å²) in [7, 11) is 0.0262. The minimum Gasteiger partial charge on any atom is -0.507 e. The zero-order valence-corrected chi connectivity index (χ0v) is 6.64. The summed E-state index contributed by atoms with van der Waals surface area (Å²) >= 11 is -1.11. The first kappa shape index (κ1) is 11.4. The molecule has 0 rings (SSSR count). The predicted molar refractivity (Wildman–Crippen MR) is 29.4 cm³/mol. The van der Waals surface area contributed by atoms with E-state index < -0.39 is 25.0 Å². The van der Waals surface area contributed by atoms with Gasteiger partial charge in [0.1, 0.15) is 0 Å². The first-order valence-electron chi connectivity index (χ1n) is 1.28. The second kappa shape index (κ2) is 5.78. The van der Waals surface area contributed by atoms with Gasteiger partial charge in [-0.05, 0) is 0 Å². The van der Waals surface area contributed by atoms with Gasteiger partial charge in [-0.2, -0.15) is 8.42 Å². The summed E-state index contributed by atoms with van der Waals surface area (Å²) in [5.41, 5.74) is 0. The molecule has 0 fully saturated rings. The number of hydrogen-bond acceptors (Lipinski definition) is 3. The fourth-order valence-corrected chi connectivity index (χ4v) is 0. The lowest BCUT2D eigenvalue weighted by Gasteiger charge is -1.68. The molecule has 3 N–H and O–H groups in total. The van der Waals surface area contributed by atoms with E-state index in [9.17, 15) is 0 Å². The molecule has 8 heavy (non-hydrogen) atoms. The minimum absolute atomic E-state index is 1.11. The molecule has 0 amide bonds. The summed E-state index contributed by atoms with van der Waals surface area (Å²) in [6.45, 7) is 0. The zero-order valence-electron chi connectivity index (χ0n) is 3.65. The van der Waals surface area contributed by atoms with Gasteiger partial charge in [-0.25, -0.2) is 10.0 Å². The van der Waals surface area contributed by atoms with Crippen LogP contribution in [0.4, 0.5) is 0 Å². The highest BCUT2D eigenvalue weighted by Gasteiger charge is 1.84. The lowest BCUT2D eigenvalue weighted by atomic mass is 15.8. The summed E-state index contributed by atoms with van der Waals surface area (Å²) in [5, 5.41) is 0. The zero-order chi connectivity index (χ0) is 7.21. The van der Waals surface area contributed by atoms with Crippen molar-refractivity contribution in [1.29, 1.82) is 0 Å². The van der Waals surface area contributed by atoms with E-state index in [1.165, 1.54) is 0 Å². The van der Waals surface area contributed by atoms with Crippen LogP contribution in [0.15, 0.2) is 0 Å². The molecule has 0 heterocycles. The molecule has 0 unspecified atom stereocenters. The second-order valence-corrected chi connectivity index (χ2v) is 2.42. The molecule has 0 aromatic heterocycles. The average Bonchev–Trinajstić information content (AvgIpc) is 1.27. The quantitative estimate of drug-likeness (QED) is 0.321. The maximum Gasteiger partial charge on any atom is 0.564 e. The van der Waals surface area contributed by atoms with E-state index in [-0.39, 0.29) is 0 Å². The van der Waals surface area contributed by atoms with Crippen molar-refractivity contribution in [2.45, 2.75) is 0 Å². The van der Waals surface area contributed by atoms with Crippen molar-refractivity contribution in [1.82, 2.24) is 0 Å². The molecule has 0 saturated carbocycles. The van der Waals surface area contributed by atoms with Gasteiger partial charge in [-0.3, -0.25) is 9.11 Å². The maximum absolute atomic E-state index is 8.74. The molecular formula is H4AlClO5S. The molecule has 0 spiro atoms. The van der Waals surface area contributed by atoms with Crippen LogP contribution in [0.1, 0.15) is 0 Å². The van der Waals surface area contributed by atoms with Crippen molar-refractivity contribution < 1.29 is 21.7 Å². The highest BCUT2D eigenvalue weighted by atomic mass is 35.6. The van der Waals surface area contributed by atoms with Gasteiger partial charge in [0.15, 0.2) is 0 Å². The Balaban J connectivity index is 0. The normalized spacial score (nSPS) is 9.00. The molecule has 5 nitrogen and oxygen atoms in total. The van der Waals surface area contributed by atoms with E-state index in [4.69, 9.17) is 31.7 Å². The Kier molecular flexibility index (Phi) is 8.28. The average molecular weight is 179 g/mol. The van der Waals surface area contributed by atoms with Gasteiger partial charge in [0.05, 0.1) is 0 Å². The van der Waals surface area contributed by atoms with Gasteiger partial charge in [0.2, 0.25) is 0 Å². The Morgan fingerprint density at radius 3 is 1.38 bits per heavy atom. The van der Waals surface area contributed by atoms with Crippen LogP contribution in [0.5, 0.6) is 0 Å². The Morgan fingerprint density at radius 2 is 1.38 bits per heavy atom. The molecule has 0 saturated heterocycles. The largest absolute Gasteiger partial charge is 0.564 e. The molecular weight excluding hydrogens is 174 g/mol. The Labute approximate surface area is 57.1 Å². The molecule has 0 aliphatic rings. The van der Waals surface area contributed by atoms with Crippen molar-refractivity contribution >= 4 is 35.1 Å². The minimum atomic E-state index is -4.67. The first-order valence-corrected chi connectivity index (χ1v) is 5.45. The van der Waals surface area contributed by atoms with Gasteiger partial charge in [0.25, 0.3) is 0 Å². The number of halogens is 1. The summed E-state index contributed by atoms with van der Waals surface area (Å²) in [6, 6.07) is 0. The van der Waals surface area contributed by atoms with Crippen LogP contribution in [0.25, 0.3) is 0 Å². The van der Waals surface area contributed by atoms with Crippen LogP contribution in [0.2, 0.25) is 0 Å². The number of hydrogen-bond donors (Lipinski definition) is 3. The van der Waals surface area contributed by atoms with Crippen LogP contribution < -0.4 is 0 Å². The Morgan fingerprint density at radius 1 is 1.38 bits per heavy atom. The third-order valence-corrected chi connectivity index (χ3v) is 0. The fourth-order valence-electron chi connectivity index (χ4n) is 0. The van der Waals surface area contributed by atoms with Crippen molar-refractivity contribution in [2.24, 2.45) is 0 Å². The van der Waals surface area contributed by atoms with Crippen LogP contribution in [-0.2, 0) is 10.4 Å². The van der Waals surface area contributed by atoms with Gasteiger partial charge in [-0.1, -0.05) is 0 Å². The lowest BCUT2D eigenvalue weighted by molar-refractivity contribution is 0.381. The Bertz CT molecular complexity index is 106. The molecule has 50 valence electrons. The van der Waals surface area contributed by atoms with Crippen molar-refractivity contribution in [3.05, 3.63) is 0 Å². The van der Waals surface area contributed by atoms with Crippen LogP contribution in [0, 0.1) is 0 Å². The third-order valence-electron chi connectivity index (χ3n) is 0. The van der Waals surface area contributed by atoms with Crippen molar-refractivity contribution in [3.63, 3.8) is 0 Å². The fraction of sp³-hybridized carbons (Fsp3) is 0. The van der Waals surface area contributed by atoms with E-state index in [1.807, 2.05) is 0 Å². The van der Waals surface area contributed by atoms with Gasteiger partial charge in [-0.15, -0.1) is 0 Å². The molecule has 0 aromatic carbocycles. The van der Waals surface area contributed by atoms with Crippen LogP contribution >= 0.6 is 10.0 Å². The second-order valence-electron chi connectivity index (χ2n) is 0.567. The molecule has 0 atom stereocenters. The summed E-state index contributed by atoms with van der Waals surface area (Å²) in [4.78, 5) is 0. The predicted octanol–water partition coefficient (Wildman–Crippen LogP) is -1.17. The highest BCUT2D eigenvalue weighted by Crippen LogP contribution is 1.59. The van der Waals surface area contributed by atoms with Crippen molar-refractivity contribution in [2.75, 3.05) is 0 Å². The number of rotatable bonds is 0. The topological polar surface area (TPSA) is 94.8 Å². The van der Waals surface area contributed by atoms with E-state index in [0.29, 0.717) is 0 Å². The standard InChI is InChI=1S/Al.ClH.H2O4S.H2O.H/c;;1-5(2,3)4;;/h;1H;(H2,1,2,3,4);1H2;/q+2;;;;/p-2. The van der Waals surface area contributed by atoms with Gasteiger partial charge in [0, 0.05) is 0 Å². The molecule has 0 aromatic rings. The molecule has 0 aliphatic heterocycles. The van der Waals surface area contributed by atoms with E-state index in [1.54, 1.807) is 0 Å². The Hall–Kier alpha value is 0.652. The molecule has 8 heteroatoms. The third kappa shape index (κ3) is 499. The molecule has 0 bridgehead atoms. The smallest absolute Gasteiger partial charge is 0.507 e. The van der Waals surface area contributed by atoms with E-state index >= 15 is 0 Å². The van der Waals surface area contributed by atoms with Crippen LogP contribution in [0.3, 0.4) is 0 Å². The van der Waals surface area contributed by atoms with Gasteiger partial charge < -0.3 is 4.16 Å². The highest BCUT2D eigenvalue weighted by molar-refractivity contribution is 7.79. The summed E-state index contributed by atoms with van der Waals surface area (Å²) < 4.78 is 39.1. The van der Waals surface area contributed by atoms with Crippen LogP contribution in [-0.4, -0.2) is 36.3 Å². The SMILES string of the molecule is O=S(=O)(O)O.[OH][AlH][Cl]. The molecule has 0 radical (unpaired) electrons. The first-order chi connectivity index (χ1) is 3.41. The maximum atomic E-state index is 8.74. The monoisotopic (exact) mass is 178 g/mol. The lowest BCUT2D eigenvalue weighted by Crippen LogP contribution is -1.89. The van der Waals surface area contributed by atoms with Crippen molar-refractivity contribution in [3.8, 4) is 0 Å². The van der Waals surface area contributed by atoms with E-state index in [0.717, 1.165) is 0 Å².